The van der Waals surface area contributed by atoms with E-state index in [4.69, 9.17) is 4.74 Å². The first kappa shape index (κ1) is 13.5. The third kappa shape index (κ3) is 4.06. The van der Waals surface area contributed by atoms with Gasteiger partial charge in [-0.05, 0) is 30.7 Å². The van der Waals surface area contributed by atoms with E-state index < -0.39 is 0 Å². The molecule has 0 bridgehead atoms. The van der Waals surface area contributed by atoms with E-state index in [0.29, 0.717) is 18.1 Å². The Morgan fingerprint density at radius 1 is 1.37 bits per heavy atom. The van der Waals surface area contributed by atoms with Gasteiger partial charge in [-0.3, -0.25) is 10.1 Å². The smallest absolute Gasteiger partial charge is 0.258 e. The monoisotopic (exact) mass is 324 g/mol. The second kappa shape index (κ2) is 6.89. The minimum atomic E-state index is -0.247. The largest absolute Gasteiger partial charge is 0.494 e. The van der Waals surface area contributed by atoms with E-state index in [0.717, 1.165) is 17.5 Å². The lowest BCUT2D eigenvalue weighted by Crippen LogP contribution is -2.12. The van der Waals surface area contributed by atoms with Crippen LogP contribution in [0, 0.1) is 0 Å². The molecule has 2 N–H and O–H groups in total. The maximum atomic E-state index is 11.8. The zero-order valence-electron chi connectivity index (χ0n) is 10.1. The summed E-state index contributed by atoms with van der Waals surface area (Å²) in [5.74, 6) is 0.823. The van der Waals surface area contributed by atoms with Gasteiger partial charge in [-0.2, -0.15) is 10.1 Å². The summed E-state index contributed by atoms with van der Waals surface area (Å²) in [5.41, 5.74) is 0.532. The first-order valence-electron chi connectivity index (χ1n) is 5.75. The van der Waals surface area contributed by atoms with E-state index in [2.05, 4.69) is 36.4 Å². The molecule has 0 aliphatic rings. The van der Waals surface area contributed by atoms with E-state index in [1.807, 2.05) is 0 Å². The van der Waals surface area contributed by atoms with Crippen LogP contribution in [0.1, 0.15) is 16.8 Å². The van der Waals surface area contributed by atoms with Crippen LogP contribution in [0.4, 0.5) is 5.95 Å². The fourth-order valence-corrected chi connectivity index (χ4v) is 1.62. The number of benzene rings is 1. The van der Waals surface area contributed by atoms with Gasteiger partial charge in [-0.25, -0.2) is 5.10 Å². The zero-order valence-corrected chi connectivity index (χ0v) is 11.7. The topological polar surface area (TPSA) is 79.9 Å². The fourth-order valence-electron chi connectivity index (χ4n) is 1.39. The van der Waals surface area contributed by atoms with E-state index in [-0.39, 0.29) is 5.91 Å². The van der Waals surface area contributed by atoms with Crippen molar-refractivity contribution in [2.45, 2.75) is 6.42 Å². The lowest BCUT2D eigenvalue weighted by atomic mass is 10.2. The van der Waals surface area contributed by atoms with Gasteiger partial charge in [0, 0.05) is 10.9 Å². The lowest BCUT2D eigenvalue weighted by molar-refractivity contribution is 0.102. The van der Waals surface area contributed by atoms with Crippen LogP contribution in [0.2, 0.25) is 0 Å². The Morgan fingerprint density at radius 3 is 2.79 bits per heavy atom. The molecule has 2 rings (SSSR count). The molecule has 0 aliphatic carbocycles. The summed E-state index contributed by atoms with van der Waals surface area (Å²) in [4.78, 5) is 15.7. The second-order valence-corrected chi connectivity index (χ2v) is 4.50. The number of aromatic amines is 1. The number of amides is 1. The van der Waals surface area contributed by atoms with Crippen molar-refractivity contribution in [1.29, 1.82) is 0 Å². The molecule has 7 heteroatoms. The average Bonchev–Trinajstić information content (AvgIpc) is 2.93. The van der Waals surface area contributed by atoms with Crippen molar-refractivity contribution in [2.75, 3.05) is 17.3 Å². The van der Waals surface area contributed by atoms with Crippen molar-refractivity contribution in [2.24, 2.45) is 0 Å². The van der Waals surface area contributed by atoms with Crippen molar-refractivity contribution in [3.8, 4) is 5.75 Å². The summed E-state index contributed by atoms with van der Waals surface area (Å²) in [7, 11) is 0. The number of carbonyl (C=O) groups is 1. The Kier molecular flexibility index (Phi) is 4.91. The molecule has 19 heavy (non-hydrogen) atoms. The minimum Gasteiger partial charge on any atom is -0.494 e. The quantitative estimate of drug-likeness (QED) is 0.630. The third-order valence-corrected chi connectivity index (χ3v) is 2.87. The molecule has 1 heterocycles. The van der Waals surface area contributed by atoms with Crippen molar-refractivity contribution in [3.05, 3.63) is 36.2 Å². The molecule has 0 saturated heterocycles. The Bertz CT molecular complexity index is 513. The second-order valence-electron chi connectivity index (χ2n) is 3.70. The Morgan fingerprint density at radius 2 is 2.16 bits per heavy atom. The molecule has 0 unspecified atom stereocenters. The molecule has 0 atom stereocenters. The summed E-state index contributed by atoms with van der Waals surface area (Å²) in [6.07, 6.45) is 2.27. The van der Waals surface area contributed by atoms with Crippen LogP contribution in [-0.4, -0.2) is 33.0 Å². The van der Waals surface area contributed by atoms with Crippen molar-refractivity contribution in [3.63, 3.8) is 0 Å². The van der Waals surface area contributed by atoms with Gasteiger partial charge < -0.3 is 4.74 Å². The highest BCUT2D eigenvalue weighted by atomic mass is 79.9. The molecule has 0 aliphatic heterocycles. The highest BCUT2D eigenvalue weighted by Gasteiger charge is 2.07. The standard InChI is InChI=1S/C12H13BrN4O2/c13-6-1-7-19-10-4-2-9(3-5-10)11(18)16-12-14-8-15-17-12/h2-5,8H,1,6-7H2,(H2,14,15,16,17,18). The Balaban J connectivity index is 1.92. The predicted octanol–water partition coefficient (Wildman–Crippen LogP) is 2.22. The number of halogens is 1. The number of H-pyrrole nitrogens is 1. The molecule has 1 aromatic carbocycles. The van der Waals surface area contributed by atoms with Crippen LogP contribution < -0.4 is 10.1 Å². The van der Waals surface area contributed by atoms with Crippen LogP contribution in [0.25, 0.3) is 0 Å². The molecule has 1 aromatic heterocycles. The van der Waals surface area contributed by atoms with Crippen LogP contribution >= 0.6 is 15.9 Å². The number of carbonyl (C=O) groups excluding carboxylic acids is 1. The molecule has 0 spiro atoms. The van der Waals surface area contributed by atoms with E-state index in [1.54, 1.807) is 24.3 Å². The fraction of sp³-hybridized carbons (Fsp3) is 0.250. The minimum absolute atomic E-state index is 0.247. The normalized spacial score (nSPS) is 10.2. The molecule has 100 valence electrons. The van der Waals surface area contributed by atoms with Gasteiger partial charge in [0.05, 0.1) is 6.61 Å². The number of ether oxygens (including phenoxy) is 1. The number of aromatic nitrogens is 3. The number of alkyl halides is 1. The number of nitrogens with zero attached hydrogens (tertiary/aromatic N) is 2. The molecule has 6 nitrogen and oxygen atoms in total. The average molecular weight is 325 g/mol. The number of anilines is 1. The molecular weight excluding hydrogens is 312 g/mol. The van der Waals surface area contributed by atoms with Crippen molar-refractivity contribution in [1.82, 2.24) is 15.2 Å². The van der Waals surface area contributed by atoms with E-state index in [9.17, 15) is 4.79 Å². The molecule has 2 aromatic rings. The van der Waals surface area contributed by atoms with Crippen LogP contribution in [0.5, 0.6) is 5.75 Å². The molecular formula is C12H13BrN4O2. The van der Waals surface area contributed by atoms with Gasteiger partial charge in [-0.15, -0.1) is 0 Å². The van der Waals surface area contributed by atoms with Crippen LogP contribution in [0.3, 0.4) is 0 Å². The Hall–Kier alpha value is -1.89. The van der Waals surface area contributed by atoms with Gasteiger partial charge in [0.2, 0.25) is 5.95 Å². The van der Waals surface area contributed by atoms with Gasteiger partial charge in [0.25, 0.3) is 5.91 Å². The summed E-state index contributed by atoms with van der Waals surface area (Å²) in [6, 6.07) is 6.94. The molecule has 0 fully saturated rings. The summed E-state index contributed by atoms with van der Waals surface area (Å²) in [5, 5.41) is 9.71. The number of hydrogen-bond acceptors (Lipinski definition) is 4. The van der Waals surface area contributed by atoms with Crippen LogP contribution in [-0.2, 0) is 0 Å². The number of nitrogens with one attached hydrogen (secondary N) is 2. The van der Waals surface area contributed by atoms with E-state index in [1.165, 1.54) is 6.33 Å². The summed E-state index contributed by atoms with van der Waals surface area (Å²) >= 11 is 3.33. The third-order valence-electron chi connectivity index (χ3n) is 2.31. The molecule has 0 radical (unpaired) electrons. The SMILES string of the molecule is O=C(Nc1ncn[nH]1)c1ccc(OCCCBr)cc1. The first-order valence-corrected chi connectivity index (χ1v) is 6.87. The van der Waals surface area contributed by atoms with E-state index >= 15 is 0 Å². The maximum absolute atomic E-state index is 11.8. The van der Waals surface area contributed by atoms with Gasteiger partial charge in [0.15, 0.2) is 0 Å². The highest BCUT2D eigenvalue weighted by molar-refractivity contribution is 9.09. The van der Waals surface area contributed by atoms with Gasteiger partial charge >= 0.3 is 0 Å². The lowest BCUT2D eigenvalue weighted by Gasteiger charge is -2.06. The van der Waals surface area contributed by atoms with Gasteiger partial charge in [-0.1, -0.05) is 15.9 Å². The molecule has 0 saturated carbocycles. The molecule has 1 amide bonds. The maximum Gasteiger partial charge on any atom is 0.258 e. The number of rotatable bonds is 6. The zero-order chi connectivity index (χ0) is 13.5. The van der Waals surface area contributed by atoms with Crippen LogP contribution in [0.15, 0.2) is 30.6 Å². The van der Waals surface area contributed by atoms with Gasteiger partial charge in [0.1, 0.15) is 12.1 Å². The predicted molar refractivity (Wildman–Crippen MR) is 74.7 cm³/mol. The highest BCUT2D eigenvalue weighted by Crippen LogP contribution is 2.13. The summed E-state index contributed by atoms with van der Waals surface area (Å²) in [6.45, 7) is 0.648. The Labute approximate surface area is 118 Å². The summed E-state index contributed by atoms with van der Waals surface area (Å²) < 4.78 is 5.50. The number of hydrogen-bond donors (Lipinski definition) is 2. The van der Waals surface area contributed by atoms with Crippen molar-refractivity contribution >= 4 is 27.8 Å². The first-order chi connectivity index (χ1) is 9.29. The van der Waals surface area contributed by atoms with Crippen molar-refractivity contribution < 1.29 is 9.53 Å².